The minimum absolute atomic E-state index is 0.0127. The number of aromatic nitrogens is 2. The molecule has 0 radical (unpaired) electrons. The molecule has 2 atom stereocenters. The van der Waals surface area contributed by atoms with Crippen molar-refractivity contribution in [1.82, 2.24) is 20.4 Å². The van der Waals surface area contributed by atoms with Crippen molar-refractivity contribution >= 4 is 28.7 Å². The Morgan fingerprint density at radius 2 is 1.68 bits per heavy atom. The van der Waals surface area contributed by atoms with Crippen molar-refractivity contribution < 1.29 is 19.1 Å². The van der Waals surface area contributed by atoms with E-state index >= 15 is 0 Å². The lowest BCUT2D eigenvalue weighted by atomic mass is 9.86. The van der Waals surface area contributed by atoms with Gasteiger partial charge in [0.25, 0.3) is 11.5 Å². The fraction of sp³-hybridized carbons (Fsp3) is 0.320. The van der Waals surface area contributed by atoms with Gasteiger partial charge >= 0.3 is 12.0 Å². The SMILES string of the molecule is C[C@H]1CCCC[C@H]1NC(=O)NC(=O)COC(=O)c1nn(-c2ccccc2)c(=O)c2ccccc12. The highest BCUT2D eigenvalue weighted by molar-refractivity contribution is 6.03. The number of rotatable bonds is 5. The van der Waals surface area contributed by atoms with E-state index in [-0.39, 0.29) is 17.3 Å². The number of benzene rings is 2. The largest absolute Gasteiger partial charge is 0.451 e. The molecule has 9 nitrogen and oxygen atoms in total. The Labute approximate surface area is 196 Å². The molecular formula is C25H26N4O5. The van der Waals surface area contributed by atoms with E-state index in [1.54, 1.807) is 54.6 Å². The van der Waals surface area contributed by atoms with Gasteiger partial charge in [-0.25, -0.2) is 9.59 Å². The number of carbonyl (C=O) groups is 3. The standard InChI is InChI=1S/C25H26N4O5/c1-16-9-5-8-14-20(16)26-25(33)27-21(30)15-34-24(32)22-18-12-6-7-13-19(18)23(31)29(28-22)17-10-3-2-4-11-17/h2-4,6-7,10-13,16,20H,5,8-9,14-15H2,1H3,(H2,26,27,30,33)/t16-,20+/m0/s1. The van der Waals surface area contributed by atoms with E-state index in [1.807, 2.05) is 0 Å². The van der Waals surface area contributed by atoms with Crippen LogP contribution < -0.4 is 16.2 Å². The maximum atomic E-state index is 12.9. The fourth-order valence-electron chi connectivity index (χ4n) is 4.18. The number of urea groups is 1. The van der Waals surface area contributed by atoms with Gasteiger partial charge in [0.1, 0.15) is 0 Å². The highest BCUT2D eigenvalue weighted by Crippen LogP contribution is 2.23. The summed E-state index contributed by atoms with van der Waals surface area (Å²) in [7, 11) is 0. The Hall–Kier alpha value is -4.01. The van der Waals surface area contributed by atoms with E-state index in [1.165, 1.54) is 0 Å². The number of carbonyl (C=O) groups excluding carboxylic acids is 3. The molecular weight excluding hydrogens is 436 g/mol. The number of para-hydroxylation sites is 1. The summed E-state index contributed by atoms with van der Waals surface area (Å²) < 4.78 is 6.25. The summed E-state index contributed by atoms with van der Waals surface area (Å²) in [5.74, 6) is -1.29. The van der Waals surface area contributed by atoms with Crippen LogP contribution in [0.25, 0.3) is 16.5 Å². The Morgan fingerprint density at radius 1 is 1.00 bits per heavy atom. The summed E-state index contributed by atoms with van der Waals surface area (Å²) in [6.07, 6.45) is 4.07. The molecule has 0 unspecified atom stereocenters. The van der Waals surface area contributed by atoms with Crippen LogP contribution in [0, 0.1) is 5.92 Å². The van der Waals surface area contributed by atoms with Crippen molar-refractivity contribution in [2.24, 2.45) is 5.92 Å². The van der Waals surface area contributed by atoms with Gasteiger partial charge in [0.15, 0.2) is 12.3 Å². The van der Waals surface area contributed by atoms with Crippen molar-refractivity contribution in [3.8, 4) is 5.69 Å². The lowest BCUT2D eigenvalue weighted by Gasteiger charge is -2.29. The summed E-state index contributed by atoms with van der Waals surface area (Å²) in [5, 5.41) is 9.83. The molecule has 1 saturated carbocycles. The number of amides is 3. The highest BCUT2D eigenvalue weighted by Gasteiger charge is 2.24. The van der Waals surface area contributed by atoms with E-state index in [4.69, 9.17) is 4.74 Å². The monoisotopic (exact) mass is 462 g/mol. The van der Waals surface area contributed by atoms with Crippen molar-refractivity contribution in [2.75, 3.05) is 6.61 Å². The second kappa shape index (κ2) is 10.3. The number of nitrogens with zero attached hydrogens (tertiary/aromatic N) is 2. The van der Waals surface area contributed by atoms with Gasteiger partial charge in [-0.15, -0.1) is 0 Å². The minimum atomic E-state index is -0.877. The molecule has 1 heterocycles. The molecule has 34 heavy (non-hydrogen) atoms. The summed E-state index contributed by atoms with van der Waals surface area (Å²) in [6.45, 7) is 1.41. The molecule has 0 saturated heterocycles. The van der Waals surface area contributed by atoms with Crippen molar-refractivity contribution in [2.45, 2.75) is 38.6 Å². The van der Waals surface area contributed by atoms with Crippen LogP contribution >= 0.6 is 0 Å². The normalized spacial score (nSPS) is 17.7. The molecule has 1 aromatic heterocycles. The first kappa shape index (κ1) is 23.2. The van der Waals surface area contributed by atoms with Crippen LogP contribution in [0.4, 0.5) is 4.79 Å². The van der Waals surface area contributed by atoms with E-state index in [2.05, 4.69) is 22.7 Å². The molecule has 0 aliphatic heterocycles. The van der Waals surface area contributed by atoms with Crippen LogP contribution in [0.15, 0.2) is 59.4 Å². The number of imide groups is 1. The first-order chi connectivity index (χ1) is 16.4. The minimum Gasteiger partial charge on any atom is -0.451 e. The average Bonchev–Trinajstić information content (AvgIpc) is 2.85. The van der Waals surface area contributed by atoms with Gasteiger partial charge in [0.05, 0.1) is 11.1 Å². The van der Waals surface area contributed by atoms with Crippen LogP contribution in [0.5, 0.6) is 0 Å². The summed E-state index contributed by atoms with van der Waals surface area (Å²) >= 11 is 0. The molecule has 1 aliphatic carbocycles. The number of ether oxygens (including phenoxy) is 1. The maximum Gasteiger partial charge on any atom is 0.359 e. The average molecular weight is 463 g/mol. The Bertz CT molecular complexity index is 1270. The van der Waals surface area contributed by atoms with E-state index < -0.39 is 24.5 Å². The summed E-state index contributed by atoms with van der Waals surface area (Å²) in [4.78, 5) is 50.1. The molecule has 9 heteroatoms. The number of hydrogen-bond acceptors (Lipinski definition) is 6. The van der Waals surface area contributed by atoms with E-state index in [9.17, 15) is 19.2 Å². The summed E-state index contributed by atoms with van der Waals surface area (Å²) in [6, 6.07) is 14.6. The third kappa shape index (κ3) is 5.14. The lowest BCUT2D eigenvalue weighted by molar-refractivity contribution is -0.123. The number of hydrogen-bond donors (Lipinski definition) is 2. The predicted molar refractivity (Wildman–Crippen MR) is 126 cm³/mol. The summed E-state index contributed by atoms with van der Waals surface area (Å²) in [5.41, 5.74) is -0.00398. The molecule has 1 aliphatic rings. The zero-order chi connectivity index (χ0) is 24.1. The zero-order valence-corrected chi connectivity index (χ0v) is 18.8. The number of esters is 1. The van der Waals surface area contributed by atoms with Gasteiger partial charge in [-0.2, -0.15) is 9.78 Å². The quantitative estimate of drug-likeness (QED) is 0.563. The Kier molecular flexibility index (Phi) is 7.01. The molecule has 1 fully saturated rings. The Morgan fingerprint density at radius 3 is 2.41 bits per heavy atom. The first-order valence-corrected chi connectivity index (χ1v) is 11.3. The molecule has 2 N–H and O–H groups in total. The van der Waals surface area contributed by atoms with Crippen LogP contribution in [-0.4, -0.2) is 40.3 Å². The van der Waals surface area contributed by atoms with E-state index in [0.717, 1.165) is 30.4 Å². The smallest absolute Gasteiger partial charge is 0.359 e. The van der Waals surface area contributed by atoms with Gasteiger partial charge in [-0.1, -0.05) is 56.2 Å². The fourth-order valence-corrected chi connectivity index (χ4v) is 4.18. The molecule has 3 amide bonds. The van der Waals surface area contributed by atoms with Gasteiger partial charge < -0.3 is 10.1 Å². The molecule has 0 bridgehead atoms. The Balaban J connectivity index is 1.46. The van der Waals surface area contributed by atoms with Gasteiger partial charge in [-0.3, -0.25) is 14.9 Å². The van der Waals surface area contributed by atoms with Crippen LogP contribution in [0.3, 0.4) is 0 Å². The molecule has 2 aromatic carbocycles. The zero-order valence-electron chi connectivity index (χ0n) is 18.8. The topological polar surface area (TPSA) is 119 Å². The number of nitrogens with one attached hydrogen (secondary N) is 2. The molecule has 3 aromatic rings. The van der Waals surface area contributed by atoms with Crippen LogP contribution in [0.2, 0.25) is 0 Å². The highest BCUT2D eigenvalue weighted by atomic mass is 16.5. The molecule has 0 spiro atoms. The first-order valence-electron chi connectivity index (χ1n) is 11.3. The molecule has 4 rings (SSSR count). The van der Waals surface area contributed by atoms with Crippen molar-refractivity contribution in [3.05, 3.63) is 70.6 Å². The third-order valence-corrected chi connectivity index (χ3v) is 6.01. The van der Waals surface area contributed by atoms with Crippen molar-refractivity contribution in [1.29, 1.82) is 0 Å². The van der Waals surface area contributed by atoms with Crippen LogP contribution in [0.1, 0.15) is 43.1 Å². The maximum absolute atomic E-state index is 12.9. The van der Waals surface area contributed by atoms with Crippen LogP contribution in [-0.2, 0) is 9.53 Å². The second-order valence-corrected chi connectivity index (χ2v) is 8.41. The van der Waals surface area contributed by atoms with Gasteiger partial charge in [0.2, 0.25) is 0 Å². The molecule has 176 valence electrons. The van der Waals surface area contributed by atoms with E-state index in [0.29, 0.717) is 22.4 Å². The van der Waals surface area contributed by atoms with Gasteiger partial charge in [0, 0.05) is 11.4 Å². The number of fused-ring (bicyclic) bond motifs is 1. The van der Waals surface area contributed by atoms with Crippen molar-refractivity contribution in [3.63, 3.8) is 0 Å². The second-order valence-electron chi connectivity index (χ2n) is 8.41. The predicted octanol–water partition coefficient (Wildman–Crippen LogP) is 2.95. The van der Waals surface area contributed by atoms with Gasteiger partial charge in [-0.05, 0) is 37.0 Å². The third-order valence-electron chi connectivity index (χ3n) is 6.01. The lowest BCUT2D eigenvalue weighted by Crippen LogP contribution is -2.48.